The van der Waals surface area contributed by atoms with Crippen LogP contribution < -0.4 is 26.4 Å². The van der Waals surface area contributed by atoms with Crippen LogP contribution in [-0.4, -0.2) is 0 Å². The molecule has 2 nitrogen and oxygen atoms in total. The molecule has 6 heteroatoms. The molecule has 1 aliphatic heterocycles. The molecule has 0 N–H and O–H groups in total. The smallest absolute Gasteiger partial charge is 0.213 e. The maximum atomic E-state index is 13.4. The van der Waals surface area contributed by atoms with Gasteiger partial charge < -0.3 is 21.9 Å². The van der Waals surface area contributed by atoms with Gasteiger partial charge >= 0.3 is 0 Å². The summed E-state index contributed by atoms with van der Waals surface area (Å²) in [6.45, 7) is 1.34. The summed E-state index contributed by atoms with van der Waals surface area (Å²) >= 11 is 1.74. The first-order chi connectivity index (χ1) is 18.6. The van der Waals surface area contributed by atoms with Crippen molar-refractivity contribution in [1.29, 1.82) is 0 Å². The predicted molar refractivity (Wildman–Crippen MR) is 152 cm³/mol. The van der Waals surface area contributed by atoms with Crippen LogP contribution in [0.25, 0.3) is 17.0 Å². The summed E-state index contributed by atoms with van der Waals surface area (Å²) in [6, 6.07) is 32.2. The zero-order chi connectivity index (χ0) is 25.9. The average Bonchev–Trinajstić information content (AvgIpc) is 3.29. The molecule has 4 aromatic carbocycles. The molecule has 1 aliphatic rings. The lowest BCUT2D eigenvalue weighted by Crippen LogP contribution is -3.00. The molecule has 5 aromatic rings. The van der Waals surface area contributed by atoms with Gasteiger partial charge in [-0.25, -0.2) is 8.78 Å². The molecule has 6 rings (SSSR count). The number of anilines is 1. The van der Waals surface area contributed by atoms with E-state index in [4.69, 9.17) is 0 Å². The summed E-state index contributed by atoms with van der Waals surface area (Å²) in [7, 11) is 0. The molecule has 194 valence electrons. The van der Waals surface area contributed by atoms with E-state index in [0.29, 0.717) is 13.1 Å². The molecule has 2 heterocycles. The number of hydrogen-bond acceptors (Lipinski definition) is 2. The minimum absolute atomic E-state index is 0. The number of rotatable bonds is 6. The predicted octanol–water partition coefficient (Wildman–Crippen LogP) is 5.12. The van der Waals surface area contributed by atoms with E-state index in [0.717, 1.165) is 38.3 Å². The first-order valence-corrected chi connectivity index (χ1v) is 13.3. The fourth-order valence-corrected chi connectivity index (χ4v) is 5.80. The van der Waals surface area contributed by atoms with Crippen LogP contribution in [0.4, 0.5) is 14.5 Å². The number of hydrogen-bond donors (Lipinski definition) is 0. The van der Waals surface area contributed by atoms with Gasteiger partial charge in [0.1, 0.15) is 11.6 Å². The Hall–Kier alpha value is -3.74. The van der Waals surface area contributed by atoms with Crippen molar-refractivity contribution in [3.05, 3.63) is 155 Å². The Bertz CT molecular complexity index is 1660. The maximum Gasteiger partial charge on any atom is 0.213 e. The van der Waals surface area contributed by atoms with E-state index in [-0.39, 0.29) is 28.6 Å². The van der Waals surface area contributed by atoms with Gasteiger partial charge in [0.05, 0.1) is 16.1 Å². The second-order valence-corrected chi connectivity index (χ2v) is 10.3. The van der Waals surface area contributed by atoms with Gasteiger partial charge in [-0.2, -0.15) is 4.57 Å². The van der Waals surface area contributed by atoms with Gasteiger partial charge in [0, 0.05) is 29.1 Å². The number of fused-ring (bicyclic) bond motifs is 2. The van der Waals surface area contributed by atoms with Crippen LogP contribution in [0.5, 0.6) is 0 Å². The molecule has 0 spiro atoms. The highest BCUT2D eigenvalue weighted by Crippen LogP contribution is 2.46. The lowest BCUT2D eigenvalue weighted by Gasteiger charge is -2.20. The van der Waals surface area contributed by atoms with Gasteiger partial charge in [-0.1, -0.05) is 60.3 Å². The van der Waals surface area contributed by atoms with E-state index in [1.165, 1.54) is 29.2 Å². The van der Waals surface area contributed by atoms with Crippen molar-refractivity contribution >= 4 is 34.4 Å². The largest absolute Gasteiger partial charge is 1.00 e. The Morgan fingerprint density at radius 3 is 2.18 bits per heavy atom. The molecule has 1 aromatic heterocycles. The molecular formula is C33H25BrF2N2S. The Morgan fingerprint density at radius 1 is 0.744 bits per heavy atom. The number of halogens is 3. The zero-order valence-corrected chi connectivity index (χ0v) is 23.4. The van der Waals surface area contributed by atoms with E-state index in [1.807, 2.05) is 42.5 Å². The molecule has 0 saturated heterocycles. The summed E-state index contributed by atoms with van der Waals surface area (Å²) in [6.07, 6.45) is 8.46. The van der Waals surface area contributed by atoms with Crippen molar-refractivity contribution in [2.75, 3.05) is 4.90 Å². The normalized spacial score (nSPS) is 13.7. The van der Waals surface area contributed by atoms with Crippen LogP contribution >= 0.6 is 11.8 Å². The maximum absolute atomic E-state index is 13.4. The molecule has 0 atom stereocenters. The number of para-hydroxylation sites is 2. The second kappa shape index (κ2) is 12.0. The summed E-state index contributed by atoms with van der Waals surface area (Å²) in [5.74, 6) is -0.448. The lowest BCUT2D eigenvalue weighted by molar-refractivity contribution is -0.662. The Kier molecular flexibility index (Phi) is 8.24. The van der Waals surface area contributed by atoms with E-state index < -0.39 is 0 Å². The van der Waals surface area contributed by atoms with Crippen molar-refractivity contribution in [3.63, 3.8) is 0 Å². The Morgan fingerprint density at radius 2 is 1.41 bits per heavy atom. The standard InChI is InChI=1S/C33H25F2N2S.BrH/c34-27-16-12-24(13-17-27)22-36-21-20-26(29-7-1-2-8-30(29)36)6-5-11-33-37(23-25-14-18-28(35)19-15-25)31-9-3-4-10-32(31)38-33;/h1-21H,22-23H2;1H/q+1;/p-1. The fraction of sp³-hybridized carbons (Fsp3) is 0.0606. The van der Waals surface area contributed by atoms with Gasteiger partial charge in [-0.15, -0.1) is 0 Å². The monoisotopic (exact) mass is 598 g/mol. The van der Waals surface area contributed by atoms with Crippen molar-refractivity contribution in [3.8, 4) is 0 Å². The molecular weight excluding hydrogens is 574 g/mol. The van der Waals surface area contributed by atoms with E-state index in [2.05, 4.69) is 70.3 Å². The van der Waals surface area contributed by atoms with Gasteiger partial charge in [-0.3, -0.25) is 0 Å². The molecule has 0 saturated carbocycles. The SMILES string of the molecule is Fc1ccc(CN2C(=CC=Cc3cc[n+](Cc4ccc(F)cc4)c4ccccc34)Sc3ccccc32)cc1.[Br-]. The van der Waals surface area contributed by atoms with Crippen LogP contribution in [0.1, 0.15) is 16.7 Å². The number of pyridine rings is 1. The summed E-state index contributed by atoms with van der Waals surface area (Å²) < 4.78 is 29.0. The number of thioether (sulfide) groups is 1. The minimum Gasteiger partial charge on any atom is -1.00 e. The highest BCUT2D eigenvalue weighted by molar-refractivity contribution is 8.03. The summed E-state index contributed by atoms with van der Waals surface area (Å²) in [5.41, 5.74) is 5.51. The van der Waals surface area contributed by atoms with E-state index in [9.17, 15) is 8.78 Å². The topological polar surface area (TPSA) is 7.12 Å². The van der Waals surface area contributed by atoms with Crippen LogP contribution in [0.2, 0.25) is 0 Å². The lowest BCUT2D eigenvalue weighted by atomic mass is 10.1. The highest BCUT2D eigenvalue weighted by Gasteiger charge is 2.24. The molecule has 0 aliphatic carbocycles. The first kappa shape index (κ1) is 26.9. The summed E-state index contributed by atoms with van der Waals surface area (Å²) in [5, 5.41) is 2.27. The van der Waals surface area contributed by atoms with Crippen molar-refractivity contribution < 1.29 is 30.3 Å². The Balaban J connectivity index is 0.00000308. The minimum atomic E-state index is -0.224. The van der Waals surface area contributed by atoms with Crippen molar-refractivity contribution in [2.45, 2.75) is 18.0 Å². The van der Waals surface area contributed by atoms with E-state index >= 15 is 0 Å². The number of benzene rings is 4. The quantitative estimate of drug-likeness (QED) is 0.250. The number of allylic oxidation sites excluding steroid dienone is 2. The van der Waals surface area contributed by atoms with Crippen molar-refractivity contribution in [1.82, 2.24) is 0 Å². The van der Waals surface area contributed by atoms with Gasteiger partial charge in [0.2, 0.25) is 5.52 Å². The third-order valence-electron chi connectivity index (χ3n) is 6.63. The highest BCUT2D eigenvalue weighted by atomic mass is 79.9. The molecule has 0 radical (unpaired) electrons. The summed E-state index contributed by atoms with van der Waals surface area (Å²) in [4.78, 5) is 3.48. The average molecular weight is 600 g/mol. The number of aromatic nitrogens is 1. The van der Waals surface area contributed by atoms with Crippen molar-refractivity contribution in [2.24, 2.45) is 0 Å². The Labute approximate surface area is 241 Å². The van der Waals surface area contributed by atoms with Gasteiger partial charge in [0.15, 0.2) is 12.7 Å². The third-order valence-corrected chi connectivity index (χ3v) is 7.76. The molecule has 0 fully saturated rings. The zero-order valence-electron chi connectivity index (χ0n) is 21.0. The second-order valence-electron chi connectivity index (χ2n) is 9.19. The van der Waals surface area contributed by atoms with Crippen LogP contribution in [-0.2, 0) is 13.1 Å². The van der Waals surface area contributed by atoms with Gasteiger partial charge in [0.25, 0.3) is 0 Å². The molecule has 0 bridgehead atoms. The molecule has 39 heavy (non-hydrogen) atoms. The molecule has 0 unspecified atom stereocenters. The third kappa shape index (κ3) is 5.97. The number of nitrogens with zero attached hydrogens (tertiary/aromatic N) is 2. The van der Waals surface area contributed by atoms with Gasteiger partial charge in [-0.05, 0) is 71.8 Å². The first-order valence-electron chi connectivity index (χ1n) is 12.5. The fourth-order valence-electron chi connectivity index (χ4n) is 4.72. The van der Waals surface area contributed by atoms with Crippen LogP contribution in [0.15, 0.2) is 131 Å². The molecule has 0 amide bonds. The van der Waals surface area contributed by atoms with Crippen LogP contribution in [0, 0.1) is 11.6 Å². The van der Waals surface area contributed by atoms with E-state index in [1.54, 1.807) is 11.8 Å². The van der Waals surface area contributed by atoms with Crippen LogP contribution in [0.3, 0.4) is 0 Å².